The van der Waals surface area contributed by atoms with Gasteiger partial charge >= 0.3 is 0 Å². The zero-order valence-electron chi connectivity index (χ0n) is 19.1. The monoisotopic (exact) mass is 384 g/mol. The van der Waals surface area contributed by atoms with Gasteiger partial charge in [-0.25, -0.2) is 0 Å². The number of rotatable bonds is 4. The van der Waals surface area contributed by atoms with E-state index in [2.05, 4.69) is 46.8 Å². The molecule has 1 nitrogen and oxygen atoms in total. The summed E-state index contributed by atoms with van der Waals surface area (Å²) in [6.45, 7) is 12.2. The number of fused-ring (bicyclic) bond motifs is 5. The van der Waals surface area contributed by atoms with Crippen molar-refractivity contribution in [3.05, 3.63) is 23.3 Å². The Hall–Kier alpha value is -0.560. The highest BCUT2D eigenvalue weighted by Gasteiger charge is 2.58. The summed E-state index contributed by atoms with van der Waals surface area (Å²) >= 11 is 0. The summed E-state index contributed by atoms with van der Waals surface area (Å²) in [6, 6.07) is 0. The lowest BCUT2D eigenvalue weighted by Crippen LogP contribution is -2.50. The first-order chi connectivity index (χ1) is 13.3. The minimum Gasteiger partial charge on any atom is -0.393 e. The number of aliphatic hydroxyl groups is 1. The second-order valence-corrected chi connectivity index (χ2v) is 11.7. The molecule has 0 saturated heterocycles. The fourth-order valence-corrected chi connectivity index (χ4v) is 8.45. The van der Waals surface area contributed by atoms with Crippen LogP contribution in [0.2, 0.25) is 0 Å². The van der Waals surface area contributed by atoms with Crippen molar-refractivity contribution in [2.45, 2.75) is 105 Å². The normalized spacial score (nSPS) is 46.1. The van der Waals surface area contributed by atoms with Crippen molar-refractivity contribution < 1.29 is 5.11 Å². The zero-order chi connectivity index (χ0) is 20.1. The summed E-state index contributed by atoms with van der Waals surface area (Å²) < 4.78 is 0. The van der Waals surface area contributed by atoms with Crippen LogP contribution >= 0.6 is 0 Å². The lowest BCUT2D eigenvalue weighted by Gasteiger charge is -2.58. The first-order valence-corrected chi connectivity index (χ1v) is 12.3. The molecular formula is C27H44O. The van der Waals surface area contributed by atoms with E-state index in [9.17, 15) is 5.11 Å². The van der Waals surface area contributed by atoms with Crippen LogP contribution in [-0.2, 0) is 0 Å². The van der Waals surface area contributed by atoms with Gasteiger partial charge in [0.2, 0.25) is 0 Å². The molecule has 1 heteroatoms. The van der Waals surface area contributed by atoms with Gasteiger partial charge < -0.3 is 5.11 Å². The van der Waals surface area contributed by atoms with Gasteiger partial charge in [0.15, 0.2) is 0 Å². The number of hydrogen-bond acceptors (Lipinski definition) is 1. The van der Waals surface area contributed by atoms with E-state index in [4.69, 9.17) is 0 Å². The third-order valence-electron chi connectivity index (χ3n) is 10.0. The van der Waals surface area contributed by atoms with Gasteiger partial charge in [0.25, 0.3) is 0 Å². The second-order valence-electron chi connectivity index (χ2n) is 11.7. The van der Waals surface area contributed by atoms with Crippen LogP contribution in [0.1, 0.15) is 98.8 Å². The Morgan fingerprint density at radius 3 is 2.68 bits per heavy atom. The van der Waals surface area contributed by atoms with Crippen molar-refractivity contribution in [2.24, 2.45) is 40.4 Å². The summed E-state index contributed by atoms with van der Waals surface area (Å²) in [5.41, 5.74) is 4.04. The largest absolute Gasteiger partial charge is 0.393 e. The molecule has 0 aromatic carbocycles. The number of hydrogen-bond donors (Lipinski definition) is 1. The summed E-state index contributed by atoms with van der Waals surface area (Å²) in [4.78, 5) is 0. The van der Waals surface area contributed by atoms with Crippen LogP contribution in [0.4, 0.5) is 0 Å². The van der Waals surface area contributed by atoms with Gasteiger partial charge in [0, 0.05) is 0 Å². The van der Waals surface area contributed by atoms with Crippen LogP contribution < -0.4 is 0 Å². The van der Waals surface area contributed by atoms with E-state index < -0.39 is 0 Å². The van der Waals surface area contributed by atoms with E-state index in [0.29, 0.717) is 10.8 Å². The molecule has 0 bridgehead atoms. The molecule has 28 heavy (non-hydrogen) atoms. The van der Waals surface area contributed by atoms with E-state index in [0.717, 1.165) is 42.4 Å². The highest BCUT2D eigenvalue weighted by atomic mass is 16.3. The van der Waals surface area contributed by atoms with Crippen molar-refractivity contribution in [1.82, 2.24) is 0 Å². The Balaban J connectivity index is 1.51. The minimum atomic E-state index is -0.0813. The van der Waals surface area contributed by atoms with E-state index in [1.54, 1.807) is 5.57 Å². The van der Waals surface area contributed by atoms with Crippen molar-refractivity contribution in [3.8, 4) is 0 Å². The first-order valence-electron chi connectivity index (χ1n) is 12.3. The molecule has 3 fully saturated rings. The molecule has 158 valence electrons. The molecule has 0 heterocycles. The maximum Gasteiger partial charge on any atom is 0.0577 e. The molecule has 0 spiro atoms. The maximum absolute atomic E-state index is 10.2. The summed E-state index contributed by atoms with van der Waals surface area (Å²) in [7, 11) is 0. The molecular weight excluding hydrogens is 340 g/mol. The lowest BCUT2D eigenvalue weighted by molar-refractivity contribution is -0.0571. The number of aliphatic hydroxyl groups excluding tert-OH is 1. The van der Waals surface area contributed by atoms with Gasteiger partial charge in [-0.05, 0) is 118 Å². The maximum atomic E-state index is 10.2. The Morgan fingerprint density at radius 1 is 1.14 bits per heavy atom. The van der Waals surface area contributed by atoms with Crippen LogP contribution in [0, 0.1) is 40.4 Å². The van der Waals surface area contributed by atoms with Gasteiger partial charge in [-0.1, -0.05) is 44.1 Å². The van der Waals surface area contributed by atoms with Crippen LogP contribution in [-0.4, -0.2) is 11.2 Å². The van der Waals surface area contributed by atoms with Crippen LogP contribution in [0.25, 0.3) is 0 Å². The van der Waals surface area contributed by atoms with E-state index in [1.807, 2.05) is 0 Å². The van der Waals surface area contributed by atoms with Gasteiger partial charge in [0.1, 0.15) is 0 Å². The van der Waals surface area contributed by atoms with Crippen LogP contribution in [0.3, 0.4) is 0 Å². The van der Waals surface area contributed by atoms with Gasteiger partial charge in [-0.3, -0.25) is 0 Å². The van der Waals surface area contributed by atoms with E-state index >= 15 is 0 Å². The Bertz CT molecular complexity index is 641. The summed E-state index contributed by atoms with van der Waals surface area (Å²) in [6.07, 6.45) is 17.9. The standard InChI is InChI=1S/C27H44O/c1-18(2)7-6-8-19(3)23-11-12-24-22-10-9-20-17-21(28)13-15-26(20,4)25(22)14-16-27(23,24)5/h7,9,19,21-25,28H,6,8,10-17H2,1-5H3/t19?,21-,22-,23-,24+,25+,26-,27+/m0/s1. The zero-order valence-corrected chi connectivity index (χ0v) is 19.1. The molecule has 8 atom stereocenters. The molecule has 0 amide bonds. The number of allylic oxidation sites excluding steroid dienone is 3. The smallest absolute Gasteiger partial charge is 0.0577 e. The van der Waals surface area contributed by atoms with Crippen LogP contribution in [0.15, 0.2) is 23.3 Å². The molecule has 4 aliphatic rings. The van der Waals surface area contributed by atoms with Crippen LogP contribution in [0.5, 0.6) is 0 Å². The molecule has 0 radical (unpaired) electrons. The average Bonchev–Trinajstić information content (AvgIpc) is 2.99. The Labute approximate surface area is 174 Å². The molecule has 1 unspecified atom stereocenters. The van der Waals surface area contributed by atoms with Crippen molar-refractivity contribution in [3.63, 3.8) is 0 Å². The fraction of sp³-hybridized carbons (Fsp3) is 0.852. The Kier molecular flexibility index (Phi) is 5.62. The molecule has 0 aliphatic heterocycles. The first kappa shape index (κ1) is 20.7. The van der Waals surface area contributed by atoms with Crippen molar-refractivity contribution in [1.29, 1.82) is 0 Å². The van der Waals surface area contributed by atoms with Gasteiger partial charge in [-0.2, -0.15) is 0 Å². The highest BCUT2D eigenvalue weighted by molar-refractivity contribution is 5.25. The minimum absolute atomic E-state index is 0.0813. The third kappa shape index (κ3) is 3.34. The van der Waals surface area contributed by atoms with Gasteiger partial charge in [-0.15, -0.1) is 0 Å². The molecule has 1 N–H and O–H groups in total. The highest BCUT2D eigenvalue weighted by Crippen LogP contribution is 2.67. The molecule has 0 aromatic heterocycles. The van der Waals surface area contributed by atoms with Gasteiger partial charge in [0.05, 0.1) is 6.10 Å². The quantitative estimate of drug-likeness (QED) is 0.504. The topological polar surface area (TPSA) is 20.2 Å². The average molecular weight is 385 g/mol. The van der Waals surface area contributed by atoms with E-state index in [1.165, 1.54) is 56.9 Å². The lowest BCUT2D eigenvalue weighted by atomic mass is 9.47. The van der Waals surface area contributed by atoms with E-state index in [-0.39, 0.29) is 6.10 Å². The predicted octanol–water partition coefficient (Wildman–Crippen LogP) is 7.31. The predicted molar refractivity (Wildman–Crippen MR) is 119 cm³/mol. The molecule has 4 rings (SSSR count). The summed E-state index contributed by atoms with van der Waals surface area (Å²) in [5.74, 6) is 4.49. The SMILES string of the molecule is CC(C)=CCCC(C)[C@@H]1CC[C@@H]2[C@@H]3CC=C4C[C@@H](O)CC[C@]4(C)[C@@H]3CC[C@@]21C. The Morgan fingerprint density at radius 2 is 1.93 bits per heavy atom. The molecule has 0 aromatic rings. The van der Waals surface area contributed by atoms with Crippen molar-refractivity contribution in [2.75, 3.05) is 0 Å². The fourth-order valence-electron chi connectivity index (χ4n) is 8.45. The van der Waals surface area contributed by atoms with Crippen molar-refractivity contribution >= 4 is 0 Å². The molecule has 3 saturated carbocycles. The third-order valence-corrected chi connectivity index (χ3v) is 10.0. The summed E-state index contributed by atoms with van der Waals surface area (Å²) in [5, 5.41) is 10.2. The second kappa shape index (κ2) is 7.60. The molecule has 4 aliphatic carbocycles.